The third-order valence-corrected chi connectivity index (χ3v) is 7.69. The highest BCUT2D eigenvalue weighted by Crippen LogP contribution is 2.10. The maximum absolute atomic E-state index is 5.24. The molecule has 0 aliphatic heterocycles. The van der Waals surface area contributed by atoms with Crippen LogP contribution in [0.3, 0.4) is 0 Å². The van der Waals surface area contributed by atoms with Crippen LogP contribution in [0.1, 0.15) is 0 Å². The van der Waals surface area contributed by atoms with Crippen LogP contribution >= 0.6 is 0 Å². The molecule has 0 amide bonds. The van der Waals surface area contributed by atoms with Gasteiger partial charge in [0.05, 0.1) is 14.2 Å². The summed E-state index contributed by atoms with van der Waals surface area (Å²) in [6.45, 7) is 0. The fraction of sp³-hybridized carbons (Fsp3) is 0.250. The van der Waals surface area contributed by atoms with Crippen molar-refractivity contribution in [1.29, 1.82) is 0 Å². The van der Waals surface area contributed by atoms with Gasteiger partial charge in [0, 0.05) is 0 Å². The molecule has 4 nitrogen and oxygen atoms in total. The third-order valence-electron chi connectivity index (χ3n) is 3.80. The van der Waals surface area contributed by atoms with Crippen molar-refractivity contribution < 1.29 is 9.47 Å². The van der Waals surface area contributed by atoms with Gasteiger partial charge >= 0.3 is 0 Å². The van der Waals surface area contributed by atoms with Crippen molar-refractivity contribution in [2.45, 2.75) is 0 Å². The Balaban J connectivity index is 2.46. The minimum atomic E-state index is -2.18. The van der Waals surface area contributed by atoms with E-state index in [-0.39, 0.29) is 0 Å². The van der Waals surface area contributed by atoms with E-state index in [2.05, 4.69) is 34.2 Å². The lowest BCUT2D eigenvalue weighted by Gasteiger charge is -2.31. The highest BCUT2D eigenvalue weighted by molar-refractivity contribution is 6.98. The summed E-state index contributed by atoms with van der Waals surface area (Å²) in [7, 11) is 5.18. The molecule has 0 aromatic heterocycles. The molecule has 0 aliphatic rings. The minimum absolute atomic E-state index is 0.864. The third kappa shape index (κ3) is 2.95. The van der Waals surface area contributed by atoms with Crippen LogP contribution in [0.2, 0.25) is 0 Å². The Labute approximate surface area is 127 Å². The first-order valence-electron chi connectivity index (χ1n) is 6.87. The summed E-state index contributed by atoms with van der Waals surface area (Å²) in [5, 5.41) is 2.50. The normalized spacial score (nSPS) is 11.2. The fourth-order valence-electron chi connectivity index (χ4n) is 2.55. The van der Waals surface area contributed by atoms with Gasteiger partial charge in [0.25, 0.3) is 8.40 Å². The van der Waals surface area contributed by atoms with Crippen molar-refractivity contribution in [3.63, 3.8) is 0 Å². The number of hydrogen-bond donors (Lipinski definition) is 2. The number of hydrogen-bond acceptors (Lipinski definition) is 4. The molecule has 0 heterocycles. The molecule has 21 heavy (non-hydrogen) atoms. The van der Waals surface area contributed by atoms with Crippen molar-refractivity contribution in [2.75, 3.05) is 28.3 Å². The lowest BCUT2D eigenvalue weighted by Crippen LogP contribution is -2.76. The van der Waals surface area contributed by atoms with Crippen LogP contribution in [0.15, 0.2) is 48.5 Å². The van der Waals surface area contributed by atoms with Crippen molar-refractivity contribution in [2.24, 2.45) is 0 Å². The minimum Gasteiger partial charge on any atom is -0.497 e. The SMILES string of the molecule is CN[Si](NC)(c1ccc(OC)cc1)c1ccc(OC)cc1. The van der Waals surface area contributed by atoms with Crippen LogP contribution in [-0.2, 0) is 0 Å². The number of nitrogens with one attached hydrogen (secondary N) is 2. The Morgan fingerprint density at radius 1 is 0.667 bits per heavy atom. The molecule has 2 aromatic rings. The van der Waals surface area contributed by atoms with Gasteiger partial charge in [-0.3, -0.25) is 0 Å². The first kappa shape index (κ1) is 15.6. The molecule has 0 saturated heterocycles. The van der Waals surface area contributed by atoms with E-state index in [1.807, 2.05) is 38.4 Å². The topological polar surface area (TPSA) is 42.5 Å². The molecule has 0 aliphatic carbocycles. The fourth-order valence-corrected chi connectivity index (χ4v) is 5.62. The zero-order chi connectivity index (χ0) is 15.3. The Kier molecular flexibility index (Phi) is 5.01. The molecule has 0 saturated carbocycles. The molecular formula is C16H22N2O2Si. The second-order valence-corrected chi connectivity index (χ2v) is 8.36. The molecule has 0 radical (unpaired) electrons. The smallest absolute Gasteiger partial charge is 0.267 e. The number of ether oxygens (including phenoxy) is 2. The number of rotatable bonds is 6. The molecule has 0 spiro atoms. The Bertz CT molecular complexity index is 516. The van der Waals surface area contributed by atoms with E-state index in [0.29, 0.717) is 0 Å². The largest absolute Gasteiger partial charge is 0.497 e. The summed E-state index contributed by atoms with van der Waals surface area (Å²) < 4.78 is 10.5. The van der Waals surface area contributed by atoms with Crippen LogP contribution in [0, 0.1) is 0 Å². The molecule has 0 unspecified atom stereocenters. The average molecular weight is 302 g/mol. The van der Waals surface area contributed by atoms with Crippen molar-refractivity contribution in [3.8, 4) is 11.5 Å². The van der Waals surface area contributed by atoms with E-state index in [9.17, 15) is 0 Å². The van der Waals surface area contributed by atoms with Crippen LogP contribution in [0.4, 0.5) is 0 Å². The second-order valence-electron chi connectivity index (χ2n) is 4.71. The van der Waals surface area contributed by atoms with E-state index in [0.717, 1.165) is 11.5 Å². The molecule has 5 heteroatoms. The Morgan fingerprint density at radius 3 is 1.24 bits per heavy atom. The molecule has 0 atom stereocenters. The van der Waals surface area contributed by atoms with Crippen LogP contribution < -0.4 is 29.8 Å². The maximum Gasteiger partial charge on any atom is 0.267 e. The highest BCUT2D eigenvalue weighted by Gasteiger charge is 2.35. The first-order chi connectivity index (χ1) is 10.2. The van der Waals surface area contributed by atoms with Gasteiger partial charge in [0.15, 0.2) is 0 Å². The lowest BCUT2D eigenvalue weighted by molar-refractivity contribution is 0.415. The number of methoxy groups -OCH3 is 2. The van der Waals surface area contributed by atoms with Gasteiger partial charge in [0.2, 0.25) is 0 Å². The Morgan fingerprint density at radius 2 is 1.00 bits per heavy atom. The zero-order valence-electron chi connectivity index (χ0n) is 12.9. The van der Waals surface area contributed by atoms with Gasteiger partial charge in [-0.1, -0.05) is 24.3 Å². The van der Waals surface area contributed by atoms with Crippen LogP contribution in [-0.4, -0.2) is 36.7 Å². The van der Waals surface area contributed by atoms with Crippen molar-refractivity contribution in [1.82, 2.24) is 9.96 Å². The van der Waals surface area contributed by atoms with Crippen molar-refractivity contribution in [3.05, 3.63) is 48.5 Å². The molecule has 2 N–H and O–H groups in total. The molecule has 0 bridgehead atoms. The van der Waals surface area contributed by atoms with E-state index in [4.69, 9.17) is 9.47 Å². The molecule has 2 rings (SSSR count). The molecule has 0 fully saturated rings. The summed E-state index contributed by atoms with van der Waals surface area (Å²) in [5.41, 5.74) is 0. The summed E-state index contributed by atoms with van der Waals surface area (Å²) in [4.78, 5) is 7.04. The standard InChI is InChI=1S/C16H22N2O2Si/c1-17-21(18-2,15-9-5-13(19-3)6-10-15)16-11-7-14(20-4)8-12-16/h5-12,17-18H,1-4H3. The lowest BCUT2D eigenvalue weighted by atomic mass is 10.3. The average Bonchev–Trinajstić information content (AvgIpc) is 2.57. The highest BCUT2D eigenvalue weighted by atomic mass is 28.3. The van der Waals surface area contributed by atoms with Gasteiger partial charge in [0.1, 0.15) is 11.5 Å². The monoisotopic (exact) mass is 302 g/mol. The summed E-state index contributed by atoms with van der Waals surface area (Å²) in [5.74, 6) is 1.73. The zero-order valence-corrected chi connectivity index (χ0v) is 13.9. The van der Waals surface area contributed by atoms with Crippen LogP contribution in [0.5, 0.6) is 11.5 Å². The predicted molar refractivity (Wildman–Crippen MR) is 89.1 cm³/mol. The van der Waals surface area contributed by atoms with Gasteiger partial charge in [-0.05, 0) is 48.7 Å². The second kappa shape index (κ2) is 6.75. The van der Waals surface area contributed by atoms with E-state index < -0.39 is 8.40 Å². The van der Waals surface area contributed by atoms with Gasteiger partial charge in [-0.15, -0.1) is 0 Å². The number of benzene rings is 2. The summed E-state index contributed by atoms with van der Waals surface area (Å²) in [6.07, 6.45) is 0. The summed E-state index contributed by atoms with van der Waals surface area (Å²) >= 11 is 0. The predicted octanol–water partition coefficient (Wildman–Crippen LogP) is 0.699. The van der Waals surface area contributed by atoms with Gasteiger partial charge in [-0.2, -0.15) is 0 Å². The van der Waals surface area contributed by atoms with Crippen molar-refractivity contribution >= 4 is 18.8 Å². The molecule has 2 aromatic carbocycles. The van der Waals surface area contributed by atoms with E-state index in [1.54, 1.807) is 14.2 Å². The van der Waals surface area contributed by atoms with Gasteiger partial charge < -0.3 is 19.4 Å². The first-order valence-corrected chi connectivity index (χ1v) is 8.87. The van der Waals surface area contributed by atoms with E-state index >= 15 is 0 Å². The Hall–Kier alpha value is -1.82. The molecule has 112 valence electrons. The van der Waals surface area contributed by atoms with E-state index in [1.165, 1.54) is 10.4 Å². The van der Waals surface area contributed by atoms with Crippen LogP contribution in [0.25, 0.3) is 0 Å². The molecular weight excluding hydrogens is 280 g/mol. The van der Waals surface area contributed by atoms with Gasteiger partial charge in [-0.25, -0.2) is 0 Å². The summed E-state index contributed by atoms with van der Waals surface area (Å²) in [6, 6.07) is 16.4. The maximum atomic E-state index is 5.24. The quantitative estimate of drug-likeness (QED) is 0.771.